The highest BCUT2D eigenvalue weighted by Gasteiger charge is 2.18. The quantitative estimate of drug-likeness (QED) is 0.794. The second-order valence-corrected chi connectivity index (χ2v) is 6.30. The van der Waals surface area contributed by atoms with Crippen molar-refractivity contribution in [3.63, 3.8) is 0 Å². The molecule has 1 aliphatic heterocycles. The molecule has 1 aromatic rings. The number of hydrogen-bond acceptors (Lipinski definition) is 4. The first-order valence-electron chi connectivity index (χ1n) is 4.29. The molecule has 0 fully saturated rings. The number of hydrogen-bond donors (Lipinski definition) is 1. The van der Waals surface area contributed by atoms with Crippen molar-refractivity contribution in [3.05, 3.63) is 18.2 Å². The van der Waals surface area contributed by atoms with Gasteiger partial charge in [0.25, 0.3) is 0 Å². The Morgan fingerprint density at radius 3 is 2.93 bits per heavy atom. The van der Waals surface area contributed by atoms with Crippen LogP contribution in [0, 0.1) is 0 Å². The van der Waals surface area contributed by atoms with Gasteiger partial charge in [-0.3, -0.25) is 0 Å². The molecule has 0 saturated carbocycles. The summed E-state index contributed by atoms with van der Waals surface area (Å²) in [6.45, 7) is 0.824. The van der Waals surface area contributed by atoms with Crippen molar-refractivity contribution in [2.75, 3.05) is 23.9 Å². The standard InChI is InChI=1S/C9H11NO2S2/c1-14(11,12)8-4-2-3-7-9(8)10-5-6-13-7/h2-4,10H,5-6H2,1H3. The second-order valence-electron chi connectivity index (χ2n) is 3.18. The third kappa shape index (κ3) is 1.74. The normalized spacial score (nSPS) is 15.8. The fraction of sp³-hybridized carbons (Fsp3) is 0.333. The van der Waals surface area contributed by atoms with Crippen LogP contribution in [0.25, 0.3) is 0 Å². The molecule has 1 aliphatic rings. The first-order chi connectivity index (χ1) is 6.59. The van der Waals surface area contributed by atoms with E-state index in [0.717, 1.165) is 22.9 Å². The second kappa shape index (κ2) is 3.47. The molecule has 0 atom stereocenters. The molecule has 0 unspecified atom stereocenters. The van der Waals surface area contributed by atoms with Gasteiger partial charge in [0.05, 0.1) is 10.6 Å². The Morgan fingerprint density at radius 1 is 1.43 bits per heavy atom. The van der Waals surface area contributed by atoms with Crippen LogP contribution in [0.5, 0.6) is 0 Å². The van der Waals surface area contributed by atoms with E-state index >= 15 is 0 Å². The molecule has 5 heteroatoms. The molecule has 14 heavy (non-hydrogen) atoms. The molecule has 0 amide bonds. The van der Waals surface area contributed by atoms with Crippen molar-refractivity contribution in [2.45, 2.75) is 9.79 Å². The maximum atomic E-state index is 11.5. The van der Waals surface area contributed by atoms with E-state index in [0.29, 0.717) is 4.90 Å². The largest absolute Gasteiger partial charge is 0.382 e. The molecule has 0 radical (unpaired) electrons. The van der Waals surface area contributed by atoms with Crippen LogP contribution < -0.4 is 5.32 Å². The number of sulfone groups is 1. The molecule has 3 nitrogen and oxygen atoms in total. The Kier molecular flexibility index (Phi) is 2.45. The van der Waals surface area contributed by atoms with Crippen molar-refractivity contribution in [1.82, 2.24) is 0 Å². The molecule has 0 aliphatic carbocycles. The highest BCUT2D eigenvalue weighted by molar-refractivity contribution is 7.99. The SMILES string of the molecule is CS(=O)(=O)c1cccc2c1NCCS2. The van der Waals surface area contributed by atoms with Crippen LogP contribution in [0.2, 0.25) is 0 Å². The lowest BCUT2D eigenvalue weighted by Crippen LogP contribution is -2.13. The summed E-state index contributed by atoms with van der Waals surface area (Å²) in [6, 6.07) is 5.38. The minimum absolute atomic E-state index is 0.405. The van der Waals surface area contributed by atoms with Gasteiger partial charge in [0, 0.05) is 23.4 Å². The summed E-state index contributed by atoms with van der Waals surface area (Å²) in [5, 5.41) is 3.14. The van der Waals surface area contributed by atoms with E-state index in [2.05, 4.69) is 5.32 Å². The van der Waals surface area contributed by atoms with Crippen LogP contribution in [0.1, 0.15) is 0 Å². The number of para-hydroxylation sites is 1. The number of benzene rings is 1. The van der Waals surface area contributed by atoms with Crippen LogP contribution in [0.4, 0.5) is 5.69 Å². The Balaban J connectivity index is 2.62. The van der Waals surface area contributed by atoms with E-state index in [4.69, 9.17) is 0 Å². The molecule has 0 aromatic heterocycles. The van der Waals surface area contributed by atoms with E-state index < -0.39 is 9.84 Å². The summed E-state index contributed by atoms with van der Waals surface area (Å²) in [6.07, 6.45) is 1.24. The zero-order chi connectivity index (χ0) is 10.2. The molecule has 1 N–H and O–H groups in total. The Morgan fingerprint density at radius 2 is 2.21 bits per heavy atom. The lowest BCUT2D eigenvalue weighted by atomic mass is 10.3. The summed E-state index contributed by atoms with van der Waals surface area (Å²) in [4.78, 5) is 1.43. The molecular formula is C9H11NO2S2. The number of nitrogens with one attached hydrogen (secondary N) is 1. The van der Waals surface area contributed by atoms with Gasteiger partial charge in [0.1, 0.15) is 0 Å². The summed E-state index contributed by atoms with van der Waals surface area (Å²) in [5.74, 6) is 0.986. The van der Waals surface area contributed by atoms with Crippen molar-refractivity contribution in [1.29, 1.82) is 0 Å². The molecule has 76 valence electrons. The fourth-order valence-electron chi connectivity index (χ4n) is 1.45. The molecular weight excluding hydrogens is 218 g/mol. The smallest absolute Gasteiger partial charge is 0.177 e. The molecule has 1 aromatic carbocycles. The third-order valence-electron chi connectivity index (χ3n) is 2.05. The monoisotopic (exact) mass is 229 g/mol. The van der Waals surface area contributed by atoms with E-state index in [9.17, 15) is 8.42 Å². The average molecular weight is 229 g/mol. The molecule has 0 saturated heterocycles. The summed E-state index contributed by atoms with van der Waals surface area (Å²) < 4.78 is 22.9. The minimum Gasteiger partial charge on any atom is -0.382 e. The van der Waals surface area contributed by atoms with Crippen molar-refractivity contribution < 1.29 is 8.42 Å². The van der Waals surface area contributed by atoms with Crippen LogP contribution in [0.15, 0.2) is 28.0 Å². The van der Waals surface area contributed by atoms with Gasteiger partial charge in [-0.1, -0.05) is 6.07 Å². The van der Waals surface area contributed by atoms with E-state index in [1.165, 1.54) is 6.26 Å². The lowest BCUT2D eigenvalue weighted by Gasteiger charge is -2.19. The minimum atomic E-state index is -3.12. The average Bonchev–Trinajstić information content (AvgIpc) is 2.15. The zero-order valence-electron chi connectivity index (χ0n) is 7.78. The van der Waals surface area contributed by atoms with Crippen LogP contribution in [-0.4, -0.2) is 27.0 Å². The molecule has 0 bridgehead atoms. The van der Waals surface area contributed by atoms with Gasteiger partial charge in [-0.2, -0.15) is 0 Å². The van der Waals surface area contributed by atoms with Crippen molar-refractivity contribution >= 4 is 27.3 Å². The van der Waals surface area contributed by atoms with E-state index in [1.54, 1.807) is 23.9 Å². The van der Waals surface area contributed by atoms with Crippen LogP contribution >= 0.6 is 11.8 Å². The van der Waals surface area contributed by atoms with E-state index in [1.807, 2.05) is 6.07 Å². The van der Waals surface area contributed by atoms with Crippen molar-refractivity contribution in [3.8, 4) is 0 Å². The maximum absolute atomic E-state index is 11.5. The highest BCUT2D eigenvalue weighted by atomic mass is 32.2. The van der Waals surface area contributed by atoms with E-state index in [-0.39, 0.29) is 0 Å². The number of anilines is 1. The number of thioether (sulfide) groups is 1. The van der Waals surface area contributed by atoms with Gasteiger partial charge in [-0.25, -0.2) is 8.42 Å². The lowest BCUT2D eigenvalue weighted by molar-refractivity contribution is 0.602. The third-order valence-corrected chi connectivity index (χ3v) is 4.25. The molecule has 2 rings (SSSR count). The maximum Gasteiger partial charge on any atom is 0.177 e. The van der Waals surface area contributed by atoms with Gasteiger partial charge in [0.15, 0.2) is 9.84 Å². The fourth-order valence-corrected chi connectivity index (χ4v) is 3.32. The highest BCUT2D eigenvalue weighted by Crippen LogP contribution is 2.35. The predicted octanol–water partition coefficient (Wildman–Crippen LogP) is 1.61. The number of fused-ring (bicyclic) bond motifs is 1. The van der Waals surface area contributed by atoms with Crippen LogP contribution in [0.3, 0.4) is 0 Å². The summed E-state index contributed by atoms with van der Waals surface area (Å²) in [5.41, 5.74) is 0.770. The van der Waals surface area contributed by atoms with Crippen LogP contribution in [-0.2, 0) is 9.84 Å². The summed E-state index contributed by atoms with van der Waals surface area (Å²) >= 11 is 1.69. The topological polar surface area (TPSA) is 46.2 Å². The first kappa shape index (κ1) is 9.86. The van der Waals surface area contributed by atoms with Gasteiger partial charge in [-0.05, 0) is 12.1 Å². The zero-order valence-corrected chi connectivity index (χ0v) is 9.41. The first-order valence-corrected chi connectivity index (χ1v) is 7.16. The predicted molar refractivity (Wildman–Crippen MR) is 58.8 cm³/mol. The van der Waals surface area contributed by atoms with Gasteiger partial charge >= 0.3 is 0 Å². The Labute approximate surface area is 87.8 Å². The van der Waals surface area contributed by atoms with Gasteiger partial charge in [-0.15, -0.1) is 11.8 Å². The Bertz CT molecular complexity index is 454. The molecule has 1 heterocycles. The van der Waals surface area contributed by atoms with Crippen molar-refractivity contribution in [2.24, 2.45) is 0 Å². The summed E-state index contributed by atoms with van der Waals surface area (Å²) in [7, 11) is -3.12. The molecule has 0 spiro atoms. The number of rotatable bonds is 1. The Hall–Kier alpha value is -0.680. The van der Waals surface area contributed by atoms with Gasteiger partial charge < -0.3 is 5.32 Å². The van der Waals surface area contributed by atoms with Gasteiger partial charge in [0.2, 0.25) is 0 Å².